The number of fused-ring (bicyclic) bond motifs is 1. The number of aromatic nitrogens is 2. The molecule has 2 aromatic rings. The molecule has 5 rings (SSSR count). The first kappa shape index (κ1) is 19.2. The fourth-order valence-corrected chi connectivity index (χ4v) is 4.64. The highest BCUT2D eigenvalue weighted by Crippen LogP contribution is 2.35. The van der Waals surface area contributed by atoms with Crippen molar-refractivity contribution in [1.82, 2.24) is 14.5 Å². The zero-order valence-electron chi connectivity index (χ0n) is 16.8. The molecule has 1 aromatic heterocycles. The molecule has 1 aliphatic carbocycles. The van der Waals surface area contributed by atoms with Crippen molar-refractivity contribution >= 4 is 10.9 Å². The fraction of sp³-hybridized carbons (Fsp3) is 0.636. The van der Waals surface area contributed by atoms with Crippen molar-refractivity contribution in [3.8, 4) is 0 Å². The summed E-state index contributed by atoms with van der Waals surface area (Å²) in [5, 5.41) is 11.7. The summed E-state index contributed by atoms with van der Waals surface area (Å²) in [5.41, 5.74) is -0.215. The Labute approximate surface area is 170 Å². The Bertz CT molecular complexity index is 931. The van der Waals surface area contributed by atoms with Crippen LogP contribution in [0.2, 0.25) is 0 Å². The molecule has 1 unspecified atom stereocenters. The van der Waals surface area contributed by atoms with Crippen LogP contribution in [0, 0.1) is 5.92 Å². The summed E-state index contributed by atoms with van der Waals surface area (Å²) < 4.78 is 13.0. The third-order valence-corrected chi connectivity index (χ3v) is 6.30. The Kier molecular flexibility index (Phi) is 5.16. The second-order valence-electron chi connectivity index (χ2n) is 8.80. The van der Waals surface area contributed by atoms with Gasteiger partial charge in [0.2, 0.25) is 0 Å². The first-order valence-electron chi connectivity index (χ1n) is 10.7. The molecule has 1 aromatic carbocycles. The lowest BCUT2D eigenvalue weighted by molar-refractivity contribution is -0.0767. The molecule has 2 aliphatic heterocycles. The molecule has 3 fully saturated rings. The molecule has 7 heteroatoms. The van der Waals surface area contributed by atoms with Crippen LogP contribution >= 0.6 is 0 Å². The van der Waals surface area contributed by atoms with Crippen LogP contribution in [0.5, 0.6) is 0 Å². The van der Waals surface area contributed by atoms with Crippen LogP contribution in [0.3, 0.4) is 0 Å². The van der Waals surface area contributed by atoms with Gasteiger partial charge in [-0.25, -0.2) is 4.98 Å². The molecule has 0 amide bonds. The first-order valence-corrected chi connectivity index (χ1v) is 10.7. The van der Waals surface area contributed by atoms with Gasteiger partial charge in [0, 0.05) is 13.1 Å². The van der Waals surface area contributed by atoms with E-state index < -0.39 is 5.60 Å². The molecule has 1 saturated carbocycles. The van der Waals surface area contributed by atoms with E-state index in [-0.39, 0.29) is 24.8 Å². The second kappa shape index (κ2) is 7.80. The summed E-state index contributed by atoms with van der Waals surface area (Å²) in [7, 11) is 0. The van der Waals surface area contributed by atoms with E-state index >= 15 is 0 Å². The maximum atomic E-state index is 13.3. The third kappa shape index (κ3) is 3.97. The van der Waals surface area contributed by atoms with Crippen LogP contribution in [0.15, 0.2) is 29.1 Å². The number of likely N-dealkylation sites (tertiary alicyclic amines) is 1. The molecule has 3 aliphatic rings. The largest absolute Gasteiger partial charge is 0.384 e. The standard InChI is InChI=1S/C22H29N3O4/c26-21-17-4-1-2-5-18(17)23-20(25(21)12-16-7-8-16)19-6-3-9-24(19)13-22(27)14-28-10-11-29-15-22/h1-2,4-5,16,19,27H,3,6-15H2. The van der Waals surface area contributed by atoms with Crippen LogP contribution in [-0.2, 0) is 16.0 Å². The average molecular weight is 399 g/mol. The molecular formula is C22H29N3O4. The number of aliphatic hydroxyl groups is 1. The predicted octanol–water partition coefficient (Wildman–Crippen LogP) is 1.72. The van der Waals surface area contributed by atoms with Gasteiger partial charge < -0.3 is 14.6 Å². The van der Waals surface area contributed by atoms with Gasteiger partial charge in [0.25, 0.3) is 5.56 Å². The van der Waals surface area contributed by atoms with Gasteiger partial charge in [-0.2, -0.15) is 0 Å². The summed E-state index contributed by atoms with van der Waals surface area (Å²) in [6.07, 6.45) is 4.32. The number of nitrogens with zero attached hydrogens (tertiary/aromatic N) is 3. The maximum Gasteiger partial charge on any atom is 0.261 e. The van der Waals surface area contributed by atoms with E-state index in [1.54, 1.807) is 0 Å². The number of β-amino-alcohol motifs (C(OH)–C–C–N with tert-alkyl or cyclic N) is 1. The van der Waals surface area contributed by atoms with E-state index in [4.69, 9.17) is 14.5 Å². The molecule has 7 nitrogen and oxygen atoms in total. The first-order chi connectivity index (χ1) is 14.1. The van der Waals surface area contributed by atoms with E-state index in [9.17, 15) is 9.90 Å². The molecule has 0 radical (unpaired) electrons. The number of ether oxygens (including phenoxy) is 2. The number of para-hydroxylation sites is 1. The van der Waals surface area contributed by atoms with Crippen molar-refractivity contribution in [2.24, 2.45) is 5.92 Å². The van der Waals surface area contributed by atoms with Crippen molar-refractivity contribution in [3.05, 3.63) is 40.4 Å². The van der Waals surface area contributed by atoms with Crippen LogP contribution in [0.25, 0.3) is 10.9 Å². The smallest absolute Gasteiger partial charge is 0.261 e. The predicted molar refractivity (Wildman–Crippen MR) is 109 cm³/mol. The Balaban J connectivity index is 1.50. The van der Waals surface area contributed by atoms with Crippen molar-refractivity contribution < 1.29 is 14.6 Å². The highest BCUT2D eigenvalue weighted by atomic mass is 16.6. The second-order valence-corrected chi connectivity index (χ2v) is 8.80. The number of hydrogen-bond acceptors (Lipinski definition) is 6. The lowest BCUT2D eigenvalue weighted by Gasteiger charge is -2.34. The lowest BCUT2D eigenvalue weighted by Crippen LogP contribution is -2.49. The lowest BCUT2D eigenvalue weighted by atomic mass is 10.1. The van der Waals surface area contributed by atoms with Crippen molar-refractivity contribution in [2.45, 2.75) is 43.9 Å². The highest BCUT2D eigenvalue weighted by molar-refractivity contribution is 5.77. The quantitative estimate of drug-likeness (QED) is 0.825. The molecule has 3 heterocycles. The topological polar surface area (TPSA) is 76.8 Å². The van der Waals surface area contributed by atoms with E-state index in [1.165, 1.54) is 12.8 Å². The Hall–Kier alpha value is -1.80. The van der Waals surface area contributed by atoms with Crippen LogP contribution < -0.4 is 5.56 Å². The fourth-order valence-electron chi connectivity index (χ4n) is 4.64. The van der Waals surface area contributed by atoms with Crippen LogP contribution in [0.4, 0.5) is 0 Å². The molecule has 29 heavy (non-hydrogen) atoms. The molecule has 0 spiro atoms. The zero-order valence-corrected chi connectivity index (χ0v) is 16.8. The van der Waals surface area contributed by atoms with Gasteiger partial charge in [0.1, 0.15) is 11.4 Å². The Morgan fingerprint density at radius 3 is 2.66 bits per heavy atom. The van der Waals surface area contributed by atoms with Gasteiger partial charge in [-0.1, -0.05) is 12.1 Å². The minimum atomic E-state index is -1.03. The summed E-state index contributed by atoms with van der Waals surface area (Å²) >= 11 is 0. The summed E-state index contributed by atoms with van der Waals surface area (Å²) in [6.45, 7) is 3.65. The van der Waals surface area contributed by atoms with Crippen molar-refractivity contribution in [2.75, 3.05) is 39.5 Å². The van der Waals surface area contributed by atoms with Gasteiger partial charge in [0.05, 0.1) is 43.4 Å². The molecule has 0 bridgehead atoms. The van der Waals surface area contributed by atoms with Gasteiger partial charge in [-0.15, -0.1) is 0 Å². The average Bonchev–Trinajstić information content (AvgIpc) is 3.47. The molecule has 156 valence electrons. The van der Waals surface area contributed by atoms with E-state index in [0.29, 0.717) is 31.1 Å². The van der Waals surface area contributed by atoms with Gasteiger partial charge in [0.15, 0.2) is 0 Å². The molecule has 1 N–H and O–H groups in total. The van der Waals surface area contributed by atoms with Gasteiger partial charge in [-0.3, -0.25) is 14.3 Å². The van der Waals surface area contributed by atoms with Gasteiger partial charge in [-0.05, 0) is 50.3 Å². The van der Waals surface area contributed by atoms with Gasteiger partial charge >= 0.3 is 0 Å². The number of benzene rings is 1. The summed E-state index contributed by atoms with van der Waals surface area (Å²) in [5.74, 6) is 1.43. The maximum absolute atomic E-state index is 13.3. The zero-order chi connectivity index (χ0) is 19.8. The third-order valence-electron chi connectivity index (χ3n) is 6.30. The van der Waals surface area contributed by atoms with E-state index in [2.05, 4.69) is 4.90 Å². The molecule has 1 atom stereocenters. The minimum absolute atomic E-state index is 0.0262. The van der Waals surface area contributed by atoms with Crippen molar-refractivity contribution in [1.29, 1.82) is 0 Å². The Morgan fingerprint density at radius 2 is 1.90 bits per heavy atom. The SMILES string of the molecule is O=c1c2ccccc2nc(C2CCCN2CC2(O)COCCOC2)n1CC1CC1. The van der Waals surface area contributed by atoms with Crippen LogP contribution in [-0.4, -0.2) is 64.7 Å². The monoisotopic (exact) mass is 399 g/mol. The van der Waals surface area contributed by atoms with Crippen LogP contribution in [0.1, 0.15) is 37.5 Å². The number of hydrogen-bond donors (Lipinski definition) is 1. The Morgan fingerprint density at radius 1 is 1.14 bits per heavy atom. The summed E-state index contributed by atoms with van der Waals surface area (Å²) in [4.78, 5) is 20.5. The molecular weight excluding hydrogens is 370 g/mol. The van der Waals surface area contributed by atoms with Crippen molar-refractivity contribution in [3.63, 3.8) is 0 Å². The number of rotatable bonds is 5. The molecule has 2 saturated heterocycles. The highest BCUT2D eigenvalue weighted by Gasteiger charge is 2.39. The minimum Gasteiger partial charge on any atom is -0.384 e. The summed E-state index contributed by atoms with van der Waals surface area (Å²) in [6, 6.07) is 7.64. The van der Waals surface area contributed by atoms with E-state index in [0.717, 1.165) is 37.3 Å². The normalized spacial score (nSPS) is 25.3. The van der Waals surface area contributed by atoms with E-state index in [1.807, 2.05) is 28.8 Å².